The zero-order valence-electron chi connectivity index (χ0n) is 16.5. The van der Waals surface area contributed by atoms with Crippen molar-refractivity contribution in [2.24, 2.45) is 0 Å². The normalized spacial score (nSPS) is 19.1. The molecule has 3 amide bonds. The van der Waals surface area contributed by atoms with Gasteiger partial charge in [-0.05, 0) is 41.7 Å². The van der Waals surface area contributed by atoms with E-state index in [9.17, 15) is 14.4 Å². The molecule has 0 aliphatic carbocycles. The molecule has 0 bridgehead atoms. The predicted octanol–water partition coefficient (Wildman–Crippen LogP) is 3.56. The maximum absolute atomic E-state index is 13.1. The van der Waals surface area contributed by atoms with Crippen LogP contribution in [-0.4, -0.2) is 29.9 Å². The first kappa shape index (κ1) is 19.6. The monoisotopic (exact) mass is 380 g/mol. The number of amides is 3. The minimum absolute atomic E-state index is 0.131. The fourth-order valence-electron chi connectivity index (χ4n) is 3.28. The summed E-state index contributed by atoms with van der Waals surface area (Å²) in [6.07, 6.45) is 0. The van der Waals surface area contributed by atoms with Crippen molar-refractivity contribution in [3.8, 4) is 0 Å². The Bertz CT molecular complexity index is 903. The van der Waals surface area contributed by atoms with Gasteiger partial charge in [0.25, 0.3) is 5.91 Å². The smallest absolute Gasteiger partial charge is 0.337 e. The van der Waals surface area contributed by atoms with Crippen molar-refractivity contribution >= 4 is 17.9 Å². The molecule has 1 saturated heterocycles. The van der Waals surface area contributed by atoms with Crippen LogP contribution in [0.15, 0.2) is 48.5 Å². The highest BCUT2D eigenvalue weighted by Gasteiger charge is 2.48. The van der Waals surface area contributed by atoms with Crippen molar-refractivity contribution in [1.29, 1.82) is 0 Å². The van der Waals surface area contributed by atoms with E-state index in [1.807, 2.05) is 24.3 Å². The summed E-state index contributed by atoms with van der Waals surface area (Å²) in [5, 5.41) is 2.82. The number of hydrogen-bond donors (Lipinski definition) is 1. The van der Waals surface area contributed by atoms with Crippen LogP contribution in [0.1, 0.15) is 53.7 Å². The molecule has 1 aliphatic heterocycles. The van der Waals surface area contributed by atoms with E-state index in [0.717, 1.165) is 11.1 Å². The molecular formula is C22H24N2O4. The standard InChI is InChI=1S/C22H24N2O4/c1-14(2)16-9-11-18(12-10-16)22(3)20(26)24(21(27)23-22)13-15-5-7-17(8-6-15)19(25)28-4/h5-12,14H,13H2,1-4H3,(H,23,27)/t22-/m0/s1. The first-order valence-electron chi connectivity index (χ1n) is 9.18. The molecular weight excluding hydrogens is 356 g/mol. The lowest BCUT2D eigenvalue weighted by Crippen LogP contribution is -2.40. The number of rotatable bonds is 5. The summed E-state index contributed by atoms with van der Waals surface area (Å²) in [7, 11) is 1.32. The van der Waals surface area contributed by atoms with Crippen molar-refractivity contribution in [1.82, 2.24) is 10.2 Å². The molecule has 3 rings (SSSR count). The van der Waals surface area contributed by atoms with E-state index in [2.05, 4.69) is 23.9 Å². The van der Waals surface area contributed by atoms with Crippen molar-refractivity contribution in [2.45, 2.75) is 38.8 Å². The van der Waals surface area contributed by atoms with E-state index >= 15 is 0 Å². The largest absolute Gasteiger partial charge is 0.465 e. The Balaban J connectivity index is 1.80. The number of carbonyl (C=O) groups is 3. The van der Waals surface area contributed by atoms with E-state index in [1.54, 1.807) is 31.2 Å². The second kappa shape index (κ2) is 7.46. The zero-order chi connectivity index (χ0) is 20.5. The Morgan fingerprint density at radius 3 is 2.21 bits per heavy atom. The van der Waals surface area contributed by atoms with Crippen LogP contribution < -0.4 is 5.32 Å². The number of nitrogens with one attached hydrogen (secondary N) is 1. The third-order valence-corrected chi connectivity index (χ3v) is 5.15. The molecule has 1 aliphatic rings. The number of benzene rings is 2. The Hall–Kier alpha value is -3.15. The molecule has 1 fully saturated rings. The molecule has 28 heavy (non-hydrogen) atoms. The Labute approximate surface area is 164 Å². The van der Waals surface area contributed by atoms with Crippen LogP contribution in [0, 0.1) is 0 Å². The molecule has 0 unspecified atom stereocenters. The zero-order valence-corrected chi connectivity index (χ0v) is 16.5. The Morgan fingerprint density at radius 2 is 1.68 bits per heavy atom. The number of carbonyl (C=O) groups excluding carboxylic acids is 3. The van der Waals surface area contributed by atoms with Gasteiger partial charge in [-0.2, -0.15) is 0 Å². The Kier molecular flexibility index (Phi) is 5.23. The minimum atomic E-state index is -1.10. The number of esters is 1. The molecule has 0 spiro atoms. The molecule has 1 heterocycles. The van der Waals surface area contributed by atoms with E-state index < -0.39 is 17.5 Å². The number of urea groups is 1. The molecule has 0 radical (unpaired) electrons. The summed E-state index contributed by atoms with van der Waals surface area (Å²) < 4.78 is 4.68. The van der Waals surface area contributed by atoms with Gasteiger partial charge < -0.3 is 10.1 Å². The average molecular weight is 380 g/mol. The van der Waals surface area contributed by atoms with Gasteiger partial charge in [0.15, 0.2) is 0 Å². The lowest BCUT2D eigenvalue weighted by atomic mass is 9.90. The quantitative estimate of drug-likeness (QED) is 0.636. The summed E-state index contributed by atoms with van der Waals surface area (Å²) in [5.41, 5.74) is 1.98. The lowest BCUT2D eigenvalue weighted by molar-refractivity contribution is -0.131. The van der Waals surface area contributed by atoms with Crippen LogP contribution >= 0.6 is 0 Å². The minimum Gasteiger partial charge on any atom is -0.465 e. The first-order valence-corrected chi connectivity index (χ1v) is 9.18. The van der Waals surface area contributed by atoms with E-state index in [4.69, 9.17) is 0 Å². The fourth-order valence-corrected chi connectivity index (χ4v) is 3.28. The van der Waals surface area contributed by atoms with Crippen LogP contribution in [0.25, 0.3) is 0 Å². The lowest BCUT2D eigenvalue weighted by Gasteiger charge is -2.23. The van der Waals surface area contributed by atoms with Crippen molar-refractivity contribution in [3.05, 3.63) is 70.8 Å². The number of hydrogen-bond acceptors (Lipinski definition) is 4. The SMILES string of the molecule is COC(=O)c1ccc(CN2C(=O)N[C@@](C)(c3ccc(C(C)C)cc3)C2=O)cc1. The summed E-state index contributed by atoms with van der Waals surface area (Å²) in [5.74, 6) is -0.342. The van der Waals surface area contributed by atoms with Gasteiger partial charge in [-0.1, -0.05) is 50.2 Å². The maximum atomic E-state index is 13.1. The average Bonchev–Trinajstić information content (AvgIpc) is 2.92. The highest BCUT2D eigenvalue weighted by atomic mass is 16.5. The molecule has 146 valence electrons. The van der Waals surface area contributed by atoms with Gasteiger partial charge in [-0.25, -0.2) is 9.59 Å². The molecule has 0 aromatic heterocycles. The predicted molar refractivity (Wildman–Crippen MR) is 105 cm³/mol. The third kappa shape index (κ3) is 3.50. The highest BCUT2D eigenvalue weighted by Crippen LogP contribution is 2.30. The van der Waals surface area contributed by atoms with Crippen LogP contribution in [0.2, 0.25) is 0 Å². The summed E-state index contributed by atoms with van der Waals surface area (Å²) in [6, 6.07) is 14.0. The first-order chi connectivity index (χ1) is 13.3. The number of methoxy groups -OCH3 is 1. The van der Waals surface area contributed by atoms with Gasteiger partial charge in [-0.3, -0.25) is 9.69 Å². The van der Waals surface area contributed by atoms with Crippen LogP contribution in [0.3, 0.4) is 0 Å². The van der Waals surface area contributed by atoms with Crippen LogP contribution in [0.4, 0.5) is 4.79 Å². The maximum Gasteiger partial charge on any atom is 0.337 e. The molecule has 2 aromatic rings. The van der Waals surface area contributed by atoms with Gasteiger partial charge >= 0.3 is 12.0 Å². The van der Waals surface area contributed by atoms with Crippen molar-refractivity contribution in [3.63, 3.8) is 0 Å². The summed E-state index contributed by atoms with van der Waals surface area (Å²) >= 11 is 0. The third-order valence-electron chi connectivity index (χ3n) is 5.15. The molecule has 2 aromatic carbocycles. The van der Waals surface area contributed by atoms with E-state index in [1.165, 1.54) is 17.6 Å². The second-order valence-corrected chi connectivity index (χ2v) is 7.41. The van der Waals surface area contributed by atoms with Crippen molar-refractivity contribution < 1.29 is 19.1 Å². The van der Waals surface area contributed by atoms with Gasteiger partial charge in [0.1, 0.15) is 5.54 Å². The Morgan fingerprint density at radius 1 is 1.07 bits per heavy atom. The number of ether oxygens (including phenoxy) is 1. The van der Waals surface area contributed by atoms with E-state index in [0.29, 0.717) is 11.5 Å². The van der Waals surface area contributed by atoms with Crippen LogP contribution in [-0.2, 0) is 21.6 Å². The van der Waals surface area contributed by atoms with Gasteiger partial charge in [0.05, 0.1) is 19.2 Å². The molecule has 6 nitrogen and oxygen atoms in total. The highest BCUT2D eigenvalue weighted by molar-refractivity contribution is 6.07. The van der Waals surface area contributed by atoms with Gasteiger partial charge in [0.2, 0.25) is 0 Å². The van der Waals surface area contributed by atoms with Crippen molar-refractivity contribution in [2.75, 3.05) is 7.11 Å². The molecule has 1 atom stereocenters. The molecule has 0 saturated carbocycles. The van der Waals surface area contributed by atoms with E-state index in [-0.39, 0.29) is 12.5 Å². The summed E-state index contributed by atoms with van der Waals surface area (Å²) in [4.78, 5) is 38.3. The number of imide groups is 1. The second-order valence-electron chi connectivity index (χ2n) is 7.41. The fraction of sp³-hybridized carbons (Fsp3) is 0.318. The summed E-state index contributed by atoms with van der Waals surface area (Å²) in [6.45, 7) is 6.06. The molecule has 1 N–H and O–H groups in total. The van der Waals surface area contributed by atoms with Gasteiger partial charge in [-0.15, -0.1) is 0 Å². The number of nitrogens with zero attached hydrogens (tertiary/aromatic N) is 1. The van der Waals surface area contributed by atoms with Crippen LogP contribution in [0.5, 0.6) is 0 Å². The molecule has 6 heteroatoms. The van der Waals surface area contributed by atoms with Gasteiger partial charge in [0, 0.05) is 0 Å². The topological polar surface area (TPSA) is 75.7 Å².